The van der Waals surface area contributed by atoms with Crippen molar-refractivity contribution in [3.05, 3.63) is 65.9 Å². The molecule has 4 rings (SSSR count). The average Bonchev–Trinajstić information content (AvgIpc) is 3.13. The maximum Gasteiger partial charge on any atom is 0.258 e. The summed E-state index contributed by atoms with van der Waals surface area (Å²) in [4.78, 5) is 16.1. The van der Waals surface area contributed by atoms with Gasteiger partial charge < -0.3 is 10.1 Å². The summed E-state index contributed by atoms with van der Waals surface area (Å²) in [6.45, 7) is 0.969. The van der Waals surface area contributed by atoms with Crippen molar-refractivity contribution >= 4 is 5.91 Å². The van der Waals surface area contributed by atoms with Gasteiger partial charge in [0.05, 0.1) is 12.2 Å². The monoisotopic (exact) mass is 394 g/mol. The Morgan fingerprint density at radius 3 is 2.66 bits per heavy atom. The van der Waals surface area contributed by atoms with Gasteiger partial charge in [0, 0.05) is 35.8 Å². The Hall–Kier alpha value is -3.22. The predicted molar refractivity (Wildman–Crippen MR) is 107 cm³/mol. The number of ether oxygens (including phenoxy) is 1. The molecule has 150 valence electrons. The molecule has 1 amide bonds. The van der Waals surface area contributed by atoms with Gasteiger partial charge in [0.2, 0.25) is 0 Å². The van der Waals surface area contributed by atoms with E-state index in [4.69, 9.17) is 9.84 Å². The average molecular weight is 394 g/mol. The number of fused-ring (bicyclic) bond motifs is 1. The van der Waals surface area contributed by atoms with Gasteiger partial charge in [0.15, 0.2) is 6.61 Å². The van der Waals surface area contributed by atoms with Crippen LogP contribution in [0.2, 0.25) is 0 Å². The molecule has 0 aliphatic heterocycles. The van der Waals surface area contributed by atoms with E-state index in [2.05, 4.69) is 10.3 Å². The highest BCUT2D eigenvalue weighted by Gasteiger charge is 2.21. The van der Waals surface area contributed by atoms with Gasteiger partial charge in [-0.05, 0) is 62.1 Å². The number of rotatable bonds is 7. The zero-order valence-corrected chi connectivity index (χ0v) is 16.1. The minimum absolute atomic E-state index is 0.106. The number of aromatic nitrogens is 3. The van der Waals surface area contributed by atoms with Crippen molar-refractivity contribution < 1.29 is 13.9 Å². The Balaban J connectivity index is 1.35. The fourth-order valence-corrected chi connectivity index (χ4v) is 3.63. The van der Waals surface area contributed by atoms with E-state index < -0.39 is 0 Å². The fourth-order valence-electron chi connectivity index (χ4n) is 3.63. The summed E-state index contributed by atoms with van der Waals surface area (Å²) in [7, 11) is 0. The first-order valence-corrected chi connectivity index (χ1v) is 9.85. The molecule has 1 aliphatic carbocycles. The molecule has 0 unspecified atom stereocenters. The first kappa shape index (κ1) is 19.1. The summed E-state index contributed by atoms with van der Waals surface area (Å²) in [5.41, 5.74) is 4.68. The van der Waals surface area contributed by atoms with Crippen molar-refractivity contribution in [2.45, 2.75) is 32.2 Å². The van der Waals surface area contributed by atoms with E-state index in [1.165, 1.54) is 41.9 Å². The van der Waals surface area contributed by atoms with E-state index in [0.29, 0.717) is 18.8 Å². The summed E-state index contributed by atoms with van der Waals surface area (Å²) in [6, 6.07) is 9.56. The summed E-state index contributed by atoms with van der Waals surface area (Å²) in [5.74, 6) is -0.0927. The van der Waals surface area contributed by atoms with E-state index in [1.54, 1.807) is 12.4 Å². The van der Waals surface area contributed by atoms with E-state index in [9.17, 15) is 9.18 Å². The number of hydrogen-bond donors (Lipinski definition) is 1. The van der Waals surface area contributed by atoms with Crippen LogP contribution in [0, 0.1) is 5.82 Å². The Labute approximate surface area is 168 Å². The largest absolute Gasteiger partial charge is 0.484 e. The third-order valence-electron chi connectivity index (χ3n) is 5.04. The first-order chi connectivity index (χ1) is 14.2. The summed E-state index contributed by atoms with van der Waals surface area (Å²) in [5, 5.41) is 7.69. The van der Waals surface area contributed by atoms with Gasteiger partial charge in [0.25, 0.3) is 5.91 Å². The predicted octanol–water partition coefficient (Wildman–Crippen LogP) is 3.16. The smallest absolute Gasteiger partial charge is 0.258 e. The molecule has 1 aromatic carbocycles. The fraction of sp³-hybridized carbons (Fsp3) is 0.318. The van der Waals surface area contributed by atoms with Gasteiger partial charge in [-0.15, -0.1) is 0 Å². The number of hydrogen-bond acceptors (Lipinski definition) is 4. The van der Waals surface area contributed by atoms with Crippen LogP contribution in [-0.4, -0.2) is 33.8 Å². The second-order valence-electron chi connectivity index (χ2n) is 7.03. The normalized spacial score (nSPS) is 13.0. The Morgan fingerprint density at radius 1 is 1.10 bits per heavy atom. The molecule has 1 N–H and O–H groups in total. The standard InChI is InChI=1S/C22H23FN4O2/c23-17-5-7-18(8-6-17)29-15-21(28)25-13-14-27-20-4-2-1-3-19(20)22(26-27)16-9-11-24-12-10-16/h5-12H,1-4,13-15H2,(H,25,28). The van der Waals surface area contributed by atoms with Crippen molar-refractivity contribution in [3.63, 3.8) is 0 Å². The van der Waals surface area contributed by atoms with Crippen LogP contribution in [0.3, 0.4) is 0 Å². The summed E-state index contributed by atoms with van der Waals surface area (Å²) >= 11 is 0. The quantitative estimate of drug-likeness (QED) is 0.668. The highest BCUT2D eigenvalue weighted by atomic mass is 19.1. The van der Waals surface area contributed by atoms with E-state index >= 15 is 0 Å². The van der Waals surface area contributed by atoms with Crippen LogP contribution in [0.15, 0.2) is 48.8 Å². The minimum Gasteiger partial charge on any atom is -0.484 e. The molecule has 0 bridgehead atoms. The van der Waals surface area contributed by atoms with Crippen LogP contribution < -0.4 is 10.1 Å². The van der Waals surface area contributed by atoms with Crippen LogP contribution >= 0.6 is 0 Å². The molecule has 0 radical (unpaired) electrons. The maximum absolute atomic E-state index is 12.9. The third kappa shape index (κ3) is 4.62. The number of nitrogens with zero attached hydrogens (tertiary/aromatic N) is 3. The summed E-state index contributed by atoms with van der Waals surface area (Å²) < 4.78 is 20.3. The molecular formula is C22H23FN4O2. The molecule has 1 aliphatic rings. The van der Waals surface area contributed by atoms with Crippen molar-refractivity contribution in [2.24, 2.45) is 0 Å². The van der Waals surface area contributed by atoms with Crippen LogP contribution in [0.4, 0.5) is 4.39 Å². The zero-order chi connectivity index (χ0) is 20.1. The number of halogens is 1. The molecule has 2 aromatic heterocycles. The molecule has 6 nitrogen and oxygen atoms in total. The first-order valence-electron chi connectivity index (χ1n) is 9.85. The number of carbonyl (C=O) groups is 1. The van der Waals surface area contributed by atoms with E-state index in [0.717, 1.165) is 30.5 Å². The zero-order valence-electron chi connectivity index (χ0n) is 16.1. The van der Waals surface area contributed by atoms with Crippen LogP contribution in [-0.2, 0) is 24.2 Å². The van der Waals surface area contributed by atoms with Crippen molar-refractivity contribution in [1.29, 1.82) is 0 Å². The van der Waals surface area contributed by atoms with Crippen LogP contribution in [0.1, 0.15) is 24.1 Å². The lowest BCUT2D eigenvalue weighted by atomic mass is 9.94. The maximum atomic E-state index is 12.9. The second kappa shape index (κ2) is 8.86. The van der Waals surface area contributed by atoms with Gasteiger partial charge in [-0.2, -0.15) is 5.10 Å². The van der Waals surface area contributed by atoms with Gasteiger partial charge >= 0.3 is 0 Å². The lowest BCUT2D eigenvalue weighted by Crippen LogP contribution is -2.32. The number of nitrogens with one attached hydrogen (secondary N) is 1. The highest BCUT2D eigenvalue weighted by Crippen LogP contribution is 2.30. The molecule has 0 saturated carbocycles. The van der Waals surface area contributed by atoms with Gasteiger partial charge in [0.1, 0.15) is 11.6 Å². The van der Waals surface area contributed by atoms with Gasteiger partial charge in [-0.1, -0.05) is 0 Å². The lowest BCUT2D eigenvalue weighted by molar-refractivity contribution is -0.123. The number of amides is 1. The van der Waals surface area contributed by atoms with E-state index in [1.807, 2.05) is 16.8 Å². The Morgan fingerprint density at radius 2 is 1.86 bits per heavy atom. The number of pyridine rings is 1. The molecular weight excluding hydrogens is 371 g/mol. The molecule has 0 spiro atoms. The minimum atomic E-state index is -0.338. The third-order valence-corrected chi connectivity index (χ3v) is 5.04. The SMILES string of the molecule is O=C(COc1ccc(F)cc1)NCCn1nc(-c2ccncc2)c2c1CCCC2. The molecule has 2 heterocycles. The van der Waals surface area contributed by atoms with E-state index in [-0.39, 0.29) is 18.3 Å². The molecule has 0 saturated heterocycles. The van der Waals surface area contributed by atoms with Crippen molar-refractivity contribution in [3.8, 4) is 17.0 Å². The topological polar surface area (TPSA) is 69.0 Å². The van der Waals surface area contributed by atoms with Gasteiger partial charge in [-0.3, -0.25) is 14.5 Å². The Bertz CT molecular complexity index is 970. The molecule has 7 heteroatoms. The van der Waals surface area contributed by atoms with Crippen LogP contribution in [0.25, 0.3) is 11.3 Å². The molecule has 0 fully saturated rings. The number of benzene rings is 1. The number of carbonyl (C=O) groups excluding carboxylic acids is 1. The lowest BCUT2D eigenvalue weighted by Gasteiger charge is -2.14. The second-order valence-corrected chi connectivity index (χ2v) is 7.03. The van der Waals surface area contributed by atoms with Crippen molar-refractivity contribution in [1.82, 2.24) is 20.1 Å². The summed E-state index contributed by atoms with van der Waals surface area (Å²) in [6.07, 6.45) is 7.94. The highest BCUT2D eigenvalue weighted by molar-refractivity contribution is 5.77. The molecule has 29 heavy (non-hydrogen) atoms. The van der Waals surface area contributed by atoms with Gasteiger partial charge in [-0.25, -0.2) is 4.39 Å². The molecule has 0 atom stereocenters. The van der Waals surface area contributed by atoms with Crippen LogP contribution in [0.5, 0.6) is 5.75 Å². The molecule has 3 aromatic rings. The Kier molecular flexibility index (Phi) is 5.84. The van der Waals surface area contributed by atoms with Crippen molar-refractivity contribution in [2.75, 3.05) is 13.2 Å².